The minimum Gasteiger partial charge on any atom is -0.339 e. The van der Waals surface area contributed by atoms with Crippen molar-refractivity contribution in [1.82, 2.24) is 10.1 Å². The van der Waals surface area contributed by atoms with Crippen LogP contribution in [0.25, 0.3) is 11.4 Å². The molecule has 0 bridgehead atoms. The lowest BCUT2D eigenvalue weighted by Crippen LogP contribution is -2.11. The molecule has 1 aromatic heterocycles. The summed E-state index contributed by atoms with van der Waals surface area (Å²) in [6.45, 7) is 1.72. The zero-order valence-electron chi connectivity index (χ0n) is 12.0. The summed E-state index contributed by atoms with van der Waals surface area (Å²) < 4.78 is 4.94. The molecule has 0 unspecified atom stereocenters. The number of aromatic nitrogens is 2. The predicted octanol–water partition coefficient (Wildman–Crippen LogP) is 4.60. The Morgan fingerprint density at radius 3 is 2.43 bits per heavy atom. The summed E-state index contributed by atoms with van der Waals surface area (Å²) in [7, 11) is 0. The van der Waals surface area contributed by atoms with Gasteiger partial charge in [-0.05, 0) is 42.5 Å². The summed E-state index contributed by atoms with van der Waals surface area (Å²) in [5.41, 5.74) is 1.87. The third-order valence-corrected chi connectivity index (χ3v) is 3.85. The van der Waals surface area contributed by atoms with Crippen molar-refractivity contribution >= 4 is 34.8 Å². The minimum absolute atomic E-state index is 0.272. The molecular formula is C16H11Cl2N3O2. The number of benzene rings is 2. The van der Waals surface area contributed by atoms with Crippen molar-refractivity contribution in [2.24, 2.45) is 0 Å². The highest BCUT2D eigenvalue weighted by atomic mass is 35.5. The molecule has 3 aromatic rings. The Balaban J connectivity index is 1.75. The van der Waals surface area contributed by atoms with Gasteiger partial charge in [-0.25, -0.2) is 0 Å². The van der Waals surface area contributed by atoms with E-state index < -0.39 is 0 Å². The van der Waals surface area contributed by atoms with E-state index in [-0.39, 0.29) is 5.91 Å². The average Bonchev–Trinajstić information content (AvgIpc) is 2.97. The average molecular weight is 348 g/mol. The van der Waals surface area contributed by atoms with E-state index in [9.17, 15) is 4.79 Å². The van der Waals surface area contributed by atoms with Crippen LogP contribution in [-0.2, 0) is 0 Å². The zero-order valence-corrected chi connectivity index (χ0v) is 13.5. The molecule has 3 rings (SSSR count). The number of amides is 1. The van der Waals surface area contributed by atoms with Crippen LogP contribution in [0.2, 0.25) is 10.0 Å². The van der Waals surface area contributed by atoms with Gasteiger partial charge in [0, 0.05) is 23.7 Å². The minimum atomic E-state index is -0.272. The van der Waals surface area contributed by atoms with Gasteiger partial charge in [0.05, 0.1) is 10.0 Å². The van der Waals surface area contributed by atoms with Gasteiger partial charge in [-0.2, -0.15) is 4.98 Å². The van der Waals surface area contributed by atoms with Crippen molar-refractivity contribution in [3.8, 4) is 11.4 Å². The molecule has 0 atom stereocenters. The van der Waals surface area contributed by atoms with E-state index in [0.717, 1.165) is 5.56 Å². The van der Waals surface area contributed by atoms with Gasteiger partial charge in [0.1, 0.15) is 0 Å². The van der Waals surface area contributed by atoms with E-state index in [1.54, 1.807) is 43.3 Å². The molecule has 23 heavy (non-hydrogen) atoms. The first kappa shape index (κ1) is 15.5. The predicted molar refractivity (Wildman–Crippen MR) is 88.9 cm³/mol. The third-order valence-electron chi connectivity index (χ3n) is 3.11. The van der Waals surface area contributed by atoms with Crippen molar-refractivity contribution < 1.29 is 9.32 Å². The molecule has 0 aliphatic rings. The van der Waals surface area contributed by atoms with E-state index >= 15 is 0 Å². The van der Waals surface area contributed by atoms with Gasteiger partial charge in [0.2, 0.25) is 11.7 Å². The van der Waals surface area contributed by atoms with Gasteiger partial charge in [-0.15, -0.1) is 0 Å². The Labute approximate surface area is 142 Å². The molecule has 2 aromatic carbocycles. The molecule has 0 aliphatic heterocycles. The molecule has 0 fully saturated rings. The van der Waals surface area contributed by atoms with Gasteiger partial charge in [-0.1, -0.05) is 28.4 Å². The van der Waals surface area contributed by atoms with Crippen LogP contribution in [0.15, 0.2) is 47.0 Å². The number of aryl methyl sites for hydroxylation is 1. The van der Waals surface area contributed by atoms with Crippen LogP contribution < -0.4 is 5.32 Å². The molecule has 7 heteroatoms. The van der Waals surface area contributed by atoms with E-state index in [1.807, 2.05) is 0 Å². The smallest absolute Gasteiger partial charge is 0.255 e. The van der Waals surface area contributed by atoms with Crippen LogP contribution in [0.5, 0.6) is 0 Å². The first-order chi connectivity index (χ1) is 11.0. The van der Waals surface area contributed by atoms with Crippen LogP contribution in [-0.4, -0.2) is 16.0 Å². The molecule has 0 radical (unpaired) electrons. The fraction of sp³-hybridized carbons (Fsp3) is 0.0625. The summed E-state index contributed by atoms with van der Waals surface area (Å²) in [6, 6.07) is 11.8. The molecule has 1 N–H and O–H groups in total. The highest BCUT2D eigenvalue weighted by molar-refractivity contribution is 6.42. The SMILES string of the molecule is Cc1nc(-c2ccc(NC(=O)c3ccc(Cl)c(Cl)c3)cc2)no1. The van der Waals surface area contributed by atoms with Gasteiger partial charge < -0.3 is 9.84 Å². The maximum atomic E-state index is 12.2. The zero-order chi connectivity index (χ0) is 16.4. The highest BCUT2D eigenvalue weighted by Crippen LogP contribution is 2.23. The van der Waals surface area contributed by atoms with Crippen LogP contribution in [0, 0.1) is 6.92 Å². The standard InChI is InChI=1S/C16H11Cl2N3O2/c1-9-19-15(21-23-9)10-2-5-12(6-3-10)20-16(22)11-4-7-13(17)14(18)8-11/h2-8H,1H3,(H,20,22). The van der Waals surface area contributed by atoms with Crippen LogP contribution in [0.3, 0.4) is 0 Å². The lowest BCUT2D eigenvalue weighted by atomic mass is 10.1. The van der Waals surface area contributed by atoms with Crippen LogP contribution >= 0.6 is 23.2 Å². The van der Waals surface area contributed by atoms with Crippen LogP contribution in [0.4, 0.5) is 5.69 Å². The number of nitrogens with one attached hydrogen (secondary N) is 1. The van der Waals surface area contributed by atoms with Crippen molar-refractivity contribution in [1.29, 1.82) is 0 Å². The maximum Gasteiger partial charge on any atom is 0.255 e. The van der Waals surface area contributed by atoms with Gasteiger partial charge in [-0.3, -0.25) is 4.79 Å². The number of halogens is 2. The molecule has 0 spiro atoms. The summed E-state index contributed by atoms with van der Waals surface area (Å²) in [5, 5.41) is 7.37. The summed E-state index contributed by atoms with van der Waals surface area (Å²) >= 11 is 11.8. The lowest BCUT2D eigenvalue weighted by molar-refractivity contribution is 0.102. The van der Waals surface area contributed by atoms with Crippen molar-refractivity contribution in [3.05, 3.63) is 64.0 Å². The molecular weight excluding hydrogens is 337 g/mol. The Kier molecular flexibility index (Phi) is 4.32. The quantitative estimate of drug-likeness (QED) is 0.751. The van der Waals surface area contributed by atoms with Gasteiger partial charge in [0.15, 0.2) is 0 Å². The monoisotopic (exact) mass is 347 g/mol. The Hall–Kier alpha value is -2.37. The van der Waals surface area contributed by atoms with E-state index in [2.05, 4.69) is 15.5 Å². The second kappa shape index (κ2) is 6.40. The first-order valence-corrected chi connectivity index (χ1v) is 7.45. The number of carbonyl (C=O) groups is 1. The highest BCUT2D eigenvalue weighted by Gasteiger charge is 2.10. The number of carbonyl (C=O) groups excluding carboxylic acids is 1. The number of hydrogen-bond donors (Lipinski definition) is 1. The number of hydrogen-bond acceptors (Lipinski definition) is 4. The van der Waals surface area contributed by atoms with E-state index in [1.165, 1.54) is 6.07 Å². The van der Waals surface area contributed by atoms with Crippen molar-refractivity contribution in [3.63, 3.8) is 0 Å². The second-order valence-electron chi connectivity index (χ2n) is 4.80. The maximum absolute atomic E-state index is 12.2. The number of nitrogens with zero attached hydrogens (tertiary/aromatic N) is 2. The summed E-state index contributed by atoms with van der Waals surface area (Å²) in [4.78, 5) is 16.3. The summed E-state index contributed by atoms with van der Waals surface area (Å²) in [5.74, 6) is 0.730. The molecule has 116 valence electrons. The number of rotatable bonds is 3. The van der Waals surface area contributed by atoms with E-state index in [4.69, 9.17) is 27.7 Å². The largest absolute Gasteiger partial charge is 0.339 e. The Morgan fingerprint density at radius 1 is 1.09 bits per heavy atom. The van der Waals surface area contributed by atoms with Crippen LogP contribution in [0.1, 0.15) is 16.2 Å². The second-order valence-corrected chi connectivity index (χ2v) is 5.61. The fourth-order valence-corrected chi connectivity index (χ4v) is 2.26. The Morgan fingerprint density at radius 2 is 1.83 bits per heavy atom. The van der Waals surface area contributed by atoms with Gasteiger partial charge in [0.25, 0.3) is 5.91 Å². The fourth-order valence-electron chi connectivity index (χ4n) is 1.96. The van der Waals surface area contributed by atoms with Crippen molar-refractivity contribution in [2.75, 3.05) is 5.32 Å². The molecule has 0 saturated heterocycles. The number of anilines is 1. The molecule has 1 heterocycles. The molecule has 1 amide bonds. The third kappa shape index (κ3) is 3.52. The normalized spacial score (nSPS) is 10.6. The molecule has 0 aliphatic carbocycles. The Bertz CT molecular complexity index is 860. The van der Waals surface area contributed by atoms with Gasteiger partial charge >= 0.3 is 0 Å². The van der Waals surface area contributed by atoms with E-state index in [0.29, 0.717) is 33.0 Å². The summed E-state index contributed by atoms with van der Waals surface area (Å²) in [6.07, 6.45) is 0. The lowest BCUT2D eigenvalue weighted by Gasteiger charge is -2.06. The first-order valence-electron chi connectivity index (χ1n) is 6.70. The topological polar surface area (TPSA) is 68.0 Å². The molecule has 0 saturated carbocycles. The van der Waals surface area contributed by atoms with Crippen molar-refractivity contribution in [2.45, 2.75) is 6.92 Å². The molecule has 5 nitrogen and oxygen atoms in total.